The highest BCUT2D eigenvalue weighted by molar-refractivity contribution is 7.80. The zero-order chi connectivity index (χ0) is 20.3. The zero-order valence-electron chi connectivity index (χ0n) is 14.8. The molecule has 0 radical (unpaired) electrons. The van der Waals surface area contributed by atoms with Gasteiger partial charge in [0.25, 0.3) is 11.8 Å². The van der Waals surface area contributed by atoms with Crippen molar-refractivity contribution in [1.82, 2.24) is 5.32 Å². The molecule has 2 amide bonds. The van der Waals surface area contributed by atoms with Crippen LogP contribution in [0.15, 0.2) is 60.2 Å². The number of rotatable bonds is 5. The molecule has 2 aromatic rings. The summed E-state index contributed by atoms with van der Waals surface area (Å²) in [6.45, 7) is 1.39. The SMILES string of the molecule is C[C@H](Oc1ccccc1/C=C1\C(=O)NC(=S)N(c2ccccc2)C1=O)C(=O)O. The van der Waals surface area contributed by atoms with Gasteiger partial charge in [-0.15, -0.1) is 0 Å². The highest BCUT2D eigenvalue weighted by Crippen LogP contribution is 2.26. The van der Waals surface area contributed by atoms with E-state index in [2.05, 4.69) is 5.32 Å². The Balaban J connectivity index is 1.99. The number of para-hydroxylation sites is 2. The summed E-state index contributed by atoms with van der Waals surface area (Å²) < 4.78 is 5.43. The van der Waals surface area contributed by atoms with Crippen molar-refractivity contribution in [3.8, 4) is 5.75 Å². The lowest BCUT2D eigenvalue weighted by Crippen LogP contribution is -2.54. The van der Waals surface area contributed by atoms with E-state index in [0.717, 1.165) is 0 Å². The molecule has 0 bridgehead atoms. The normalized spacial score (nSPS) is 16.7. The molecule has 0 aliphatic carbocycles. The van der Waals surface area contributed by atoms with E-state index >= 15 is 0 Å². The van der Waals surface area contributed by atoms with E-state index in [9.17, 15) is 14.4 Å². The highest BCUT2D eigenvalue weighted by Gasteiger charge is 2.34. The number of carboxylic acids is 1. The number of aliphatic carboxylic acids is 1. The molecule has 0 aromatic heterocycles. The van der Waals surface area contributed by atoms with Gasteiger partial charge in [0, 0.05) is 5.56 Å². The van der Waals surface area contributed by atoms with E-state index < -0.39 is 23.9 Å². The molecule has 7 nitrogen and oxygen atoms in total. The number of anilines is 1. The first-order valence-corrected chi connectivity index (χ1v) is 8.74. The number of ether oxygens (including phenoxy) is 1. The second-order valence-electron chi connectivity index (χ2n) is 5.93. The summed E-state index contributed by atoms with van der Waals surface area (Å²) >= 11 is 5.15. The lowest BCUT2D eigenvalue weighted by Gasteiger charge is -2.29. The Morgan fingerprint density at radius 2 is 1.79 bits per heavy atom. The Bertz CT molecular complexity index is 987. The molecule has 1 fully saturated rings. The maximum Gasteiger partial charge on any atom is 0.344 e. The van der Waals surface area contributed by atoms with Crippen LogP contribution in [0.5, 0.6) is 5.75 Å². The third kappa shape index (κ3) is 3.91. The fourth-order valence-corrected chi connectivity index (χ4v) is 2.85. The van der Waals surface area contributed by atoms with Gasteiger partial charge >= 0.3 is 5.97 Å². The van der Waals surface area contributed by atoms with Crippen molar-refractivity contribution >= 4 is 46.9 Å². The molecular formula is C20H16N2O5S. The number of thiocarbonyl (C=S) groups is 1. The van der Waals surface area contributed by atoms with Crippen LogP contribution in [-0.4, -0.2) is 34.1 Å². The molecule has 1 atom stereocenters. The van der Waals surface area contributed by atoms with Crippen molar-refractivity contribution < 1.29 is 24.2 Å². The van der Waals surface area contributed by atoms with Crippen LogP contribution in [0.1, 0.15) is 12.5 Å². The molecule has 28 heavy (non-hydrogen) atoms. The maximum absolute atomic E-state index is 13.0. The lowest BCUT2D eigenvalue weighted by molar-refractivity contribution is -0.144. The number of carboxylic acid groups (broad SMARTS) is 1. The standard InChI is InChI=1S/C20H16N2O5S/c1-12(19(25)26)27-16-10-6-5-7-13(16)11-15-17(23)21-20(28)22(18(15)24)14-8-3-2-4-9-14/h2-12H,1H3,(H,25,26)(H,21,23,28)/b15-11+/t12-/m0/s1. The predicted molar refractivity (Wildman–Crippen MR) is 107 cm³/mol. The number of nitrogens with one attached hydrogen (secondary N) is 1. The first-order chi connectivity index (χ1) is 13.4. The van der Waals surface area contributed by atoms with Crippen LogP contribution in [0.25, 0.3) is 6.08 Å². The summed E-state index contributed by atoms with van der Waals surface area (Å²) in [6.07, 6.45) is 0.267. The fourth-order valence-electron chi connectivity index (χ4n) is 2.57. The number of hydrogen-bond donors (Lipinski definition) is 2. The van der Waals surface area contributed by atoms with Crippen molar-refractivity contribution in [3.05, 3.63) is 65.7 Å². The van der Waals surface area contributed by atoms with Crippen molar-refractivity contribution in [2.75, 3.05) is 4.90 Å². The number of carbonyl (C=O) groups is 3. The Morgan fingerprint density at radius 3 is 2.46 bits per heavy atom. The van der Waals surface area contributed by atoms with Gasteiger partial charge in [0.15, 0.2) is 11.2 Å². The van der Waals surface area contributed by atoms with Gasteiger partial charge in [-0.2, -0.15) is 0 Å². The number of amides is 2. The number of carbonyl (C=O) groups excluding carboxylic acids is 2. The van der Waals surface area contributed by atoms with Crippen LogP contribution in [0.3, 0.4) is 0 Å². The van der Waals surface area contributed by atoms with E-state index in [1.807, 2.05) is 0 Å². The Labute approximate surface area is 166 Å². The van der Waals surface area contributed by atoms with Crippen molar-refractivity contribution in [2.45, 2.75) is 13.0 Å². The molecule has 3 rings (SSSR count). The average molecular weight is 396 g/mol. The van der Waals surface area contributed by atoms with Crippen molar-refractivity contribution in [2.24, 2.45) is 0 Å². The Kier molecular flexibility index (Phi) is 5.51. The zero-order valence-corrected chi connectivity index (χ0v) is 15.6. The number of hydrogen-bond acceptors (Lipinski definition) is 5. The first kappa shape index (κ1) is 19.2. The van der Waals surface area contributed by atoms with Gasteiger partial charge in [-0.3, -0.25) is 19.8 Å². The molecule has 0 spiro atoms. The monoisotopic (exact) mass is 396 g/mol. The third-order valence-electron chi connectivity index (χ3n) is 3.99. The van der Waals surface area contributed by atoms with E-state index in [0.29, 0.717) is 11.3 Å². The van der Waals surface area contributed by atoms with Crippen molar-refractivity contribution in [1.29, 1.82) is 0 Å². The lowest BCUT2D eigenvalue weighted by atomic mass is 10.1. The summed E-state index contributed by atoms with van der Waals surface area (Å²) in [7, 11) is 0. The highest BCUT2D eigenvalue weighted by atomic mass is 32.1. The minimum Gasteiger partial charge on any atom is -0.479 e. The fraction of sp³-hybridized carbons (Fsp3) is 0.100. The second-order valence-corrected chi connectivity index (χ2v) is 6.32. The molecule has 1 saturated heterocycles. The minimum atomic E-state index is -1.13. The van der Waals surface area contributed by atoms with Crippen LogP contribution in [-0.2, 0) is 14.4 Å². The van der Waals surface area contributed by atoms with Gasteiger partial charge in [0.2, 0.25) is 0 Å². The number of nitrogens with zero attached hydrogens (tertiary/aromatic N) is 1. The van der Waals surface area contributed by atoms with Crippen LogP contribution >= 0.6 is 12.2 Å². The Morgan fingerprint density at radius 1 is 1.14 bits per heavy atom. The summed E-state index contributed by atoms with van der Waals surface area (Å²) in [5.41, 5.74) is 0.777. The largest absolute Gasteiger partial charge is 0.479 e. The van der Waals surface area contributed by atoms with E-state index in [-0.39, 0.29) is 16.4 Å². The van der Waals surface area contributed by atoms with E-state index in [4.69, 9.17) is 22.1 Å². The van der Waals surface area contributed by atoms with Crippen molar-refractivity contribution in [3.63, 3.8) is 0 Å². The molecule has 1 aliphatic heterocycles. The maximum atomic E-state index is 13.0. The predicted octanol–water partition coefficient (Wildman–Crippen LogP) is 2.37. The Hall–Kier alpha value is -3.52. The van der Waals surface area contributed by atoms with Gasteiger partial charge in [-0.1, -0.05) is 36.4 Å². The van der Waals surface area contributed by atoms with Crippen LogP contribution in [0, 0.1) is 0 Å². The summed E-state index contributed by atoms with van der Waals surface area (Å²) in [4.78, 5) is 37.6. The quantitative estimate of drug-likeness (QED) is 0.458. The van der Waals surface area contributed by atoms with E-state index in [1.165, 1.54) is 17.9 Å². The topological polar surface area (TPSA) is 95.9 Å². The summed E-state index contributed by atoms with van der Waals surface area (Å²) in [6, 6.07) is 15.2. The first-order valence-electron chi connectivity index (χ1n) is 8.33. The smallest absolute Gasteiger partial charge is 0.344 e. The molecular weight excluding hydrogens is 380 g/mol. The van der Waals surface area contributed by atoms with Gasteiger partial charge in [-0.25, -0.2) is 4.79 Å². The average Bonchev–Trinajstić information content (AvgIpc) is 2.67. The third-order valence-corrected chi connectivity index (χ3v) is 4.27. The van der Waals surface area contributed by atoms with Gasteiger partial charge in [0.1, 0.15) is 11.3 Å². The van der Waals surface area contributed by atoms with Crippen LogP contribution < -0.4 is 15.0 Å². The minimum absolute atomic E-state index is 0.0117. The molecule has 142 valence electrons. The molecule has 2 aromatic carbocycles. The van der Waals surface area contributed by atoms with Gasteiger partial charge < -0.3 is 9.84 Å². The summed E-state index contributed by atoms with van der Waals surface area (Å²) in [5.74, 6) is -2.11. The second kappa shape index (κ2) is 8.01. The summed E-state index contributed by atoms with van der Waals surface area (Å²) in [5, 5.41) is 11.5. The number of benzene rings is 2. The molecule has 1 heterocycles. The van der Waals surface area contributed by atoms with E-state index in [1.54, 1.807) is 54.6 Å². The molecule has 0 saturated carbocycles. The van der Waals surface area contributed by atoms with Crippen LogP contribution in [0.4, 0.5) is 5.69 Å². The van der Waals surface area contributed by atoms with Gasteiger partial charge in [0.05, 0.1) is 5.69 Å². The van der Waals surface area contributed by atoms with Gasteiger partial charge in [-0.05, 0) is 43.4 Å². The molecule has 8 heteroatoms. The molecule has 2 N–H and O–H groups in total. The van der Waals surface area contributed by atoms with Crippen LogP contribution in [0.2, 0.25) is 0 Å². The molecule has 0 unspecified atom stereocenters. The molecule has 1 aliphatic rings.